The minimum Gasteiger partial charge on any atom is -1.00 e. The van der Waals surface area contributed by atoms with E-state index in [1.165, 1.54) is 33.4 Å². The Kier molecular flexibility index (Phi) is 11.4. The summed E-state index contributed by atoms with van der Waals surface area (Å²) in [5.74, 6) is 3.38. The fourth-order valence-corrected chi connectivity index (χ4v) is 8.69. The van der Waals surface area contributed by atoms with Crippen LogP contribution in [0.4, 0.5) is 0 Å². The first-order valence-electron chi connectivity index (χ1n) is 15.3. The minimum absolute atomic E-state index is 0. The van der Waals surface area contributed by atoms with Gasteiger partial charge in [0, 0.05) is 0 Å². The molecule has 0 radical (unpaired) electrons. The van der Waals surface area contributed by atoms with Gasteiger partial charge in [0.05, 0.1) is 0 Å². The van der Waals surface area contributed by atoms with Crippen molar-refractivity contribution in [2.24, 2.45) is 23.2 Å². The molecule has 0 saturated heterocycles. The summed E-state index contributed by atoms with van der Waals surface area (Å²) in [6, 6.07) is 15.2. The molecule has 4 fully saturated rings. The van der Waals surface area contributed by atoms with E-state index >= 15 is 0 Å². The molecule has 0 aromatic heterocycles. The largest absolute Gasteiger partial charge is 1.00 e. The Morgan fingerprint density at radius 1 is 0.829 bits per heavy atom. The Morgan fingerprint density at radius 3 is 1.85 bits per heavy atom. The van der Waals surface area contributed by atoms with Gasteiger partial charge in [-0.1, -0.05) is 65.3 Å². The maximum atomic E-state index is 3.67. The average Bonchev–Trinajstić information content (AvgIpc) is 3.53. The normalized spacial score (nSPS) is 26.0. The number of halogens is 2. The molecular formula is C38H48Cl2Zr-2. The summed E-state index contributed by atoms with van der Waals surface area (Å²) in [5.41, 5.74) is 9.46. The first kappa shape index (κ1) is 34.7. The number of fused-ring (bicyclic) bond motifs is 3. The predicted octanol–water partition coefficient (Wildman–Crippen LogP) is 3.91. The second-order valence-corrected chi connectivity index (χ2v) is 17.0. The van der Waals surface area contributed by atoms with Crippen molar-refractivity contribution >= 4 is 3.21 Å². The van der Waals surface area contributed by atoms with Gasteiger partial charge in [-0.15, -0.1) is 17.5 Å². The van der Waals surface area contributed by atoms with Crippen LogP contribution in [0.25, 0.3) is 11.1 Å². The van der Waals surface area contributed by atoms with Crippen LogP contribution in [-0.2, 0) is 41.5 Å². The Balaban J connectivity index is 0.000000196. The smallest absolute Gasteiger partial charge is 0.109 e. The molecule has 6 aliphatic rings. The van der Waals surface area contributed by atoms with Crippen LogP contribution in [0.3, 0.4) is 0 Å². The third-order valence-electron chi connectivity index (χ3n) is 9.88. The summed E-state index contributed by atoms with van der Waals surface area (Å²) in [4.78, 5) is 0. The van der Waals surface area contributed by atoms with Crippen LogP contribution in [0, 0.1) is 35.3 Å². The predicted molar refractivity (Wildman–Crippen MR) is 164 cm³/mol. The molecule has 0 atom stereocenters. The average molecular weight is 667 g/mol. The topological polar surface area (TPSA) is 0 Å². The Bertz CT molecular complexity index is 1180. The van der Waals surface area contributed by atoms with Gasteiger partial charge in [-0.3, -0.25) is 6.08 Å². The molecule has 41 heavy (non-hydrogen) atoms. The van der Waals surface area contributed by atoms with Crippen molar-refractivity contribution in [3.8, 4) is 11.1 Å². The Hall–Kier alpha value is -0.747. The third kappa shape index (κ3) is 7.86. The number of rotatable bonds is 1. The second-order valence-electron chi connectivity index (χ2n) is 15.1. The van der Waals surface area contributed by atoms with Crippen LogP contribution < -0.4 is 24.8 Å². The fourth-order valence-electron chi connectivity index (χ4n) is 7.94. The molecule has 220 valence electrons. The molecule has 6 aliphatic carbocycles. The number of hydrogen-bond donors (Lipinski definition) is 0. The fraction of sp³-hybridized carbons (Fsp3) is 0.553. The summed E-state index contributed by atoms with van der Waals surface area (Å²) in [5, 5.41) is 0. The van der Waals surface area contributed by atoms with Crippen molar-refractivity contribution < 1.29 is 49.0 Å². The van der Waals surface area contributed by atoms with E-state index in [9.17, 15) is 0 Å². The van der Waals surface area contributed by atoms with E-state index in [0.29, 0.717) is 0 Å². The van der Waals surface area contributed by atoms with E-state index in [-0.39, 0.29) is 35.6 Å². The van der Waals surface area contributed by atoms with E-state index in [2.05, 4.69) is 97.0 Å². The van der Waals surface area contributed by atoms with Crippen LogP contribution in [0.5, 0.6) is 0 Å². The molecular weight excluding hydrogens is 619 g/mol. The first-order valence-corrected chi connectivity index (χ1v) is 16.5. The van der Waals surface area contributed by atoms with Crippen molar-refractivity contribution in [3.63, 3.8) is 0 Å². The molecule has 0 unspecified atom stereocenters. The van der Waals surface area contributed by atoms with Crippen LogP contribution in [0.2, 0.25) is 0 Å². The van der Waals surface area contributed by atoms with Crippen LogP contribution >= 0.6 is 0 Å². The maximum absolute atomic E-state index is 3.67. The van der Waals surface area contributed by atoms with Crippen molar-refractivity contribution in [2.45, 2.75) is 111 Å². The molecule has 3 heteroatoms. The molecule has 2 aromatic carbocycles. The van der Waals surface area contributed by atoms with Gasteiger partial charge in [-0.25, -0.2) is 12.2 Å². The van der Waals surface area contributed by atoms with Gasteiger partial charge in [-0.05, 0) is 28.4 Å². The van der Waals surface area contributed by atoms with Crippen LogP contribution in [0.15, 0.2) is 48.6 Å². The number of allylic oxidation sites excluding steroid dienone is 4. The molecule has 0 nitrogen and oxygen atoms in total. The van der Waals surface area contributed by atoms with Gasteiger partial charge >= 0.3 is 96.1 Å². The molecule has 4 bridgehead atoms. The summed E-state index contributed by atoms with van der Waals surface area (Å²) < 4.78 is 1.83. The van der Waals surface area contributed by atoms with E-state index in [4.69, 9.17) is 0 Å². The molecule has 0 N–H and O–H groups in total. The summed E-state index contributed by atoms with van der Waals surface area (Å²) in [6.45, 7) is 16.0. The molecule has 4 saturated carbocycles. The van der Waals surface area contributed by atoms with Crippen molar-refractivity contribution in [1.82, 2.24) is 0 Å². The van der Waals surface area contributed by atoms with E-state index < -0.39 is 0 Å². The van der Waals surface area contributed by atoms with Crippen LogP contribution in [-0.4, -0.2) is 3.21 Å². The monoisotopic (exact) mass is 664 g/mol. The van der Waals surface area contributed by atoms with Gasteiger partial charge in [0.1, 0.15) is 0 Å². The molecule has 0 heterocycles. The zero-order valence-corrected chi connectivity index (χ0v) is 30.2. The molecule has 0 spiro atoms. The van der Waals surface area contributed by atoms with E-state index in [1.54, 1.807) is 62.8 Å². The molecule has 0 amide bonds. The first-order chi connectivity index (χ1) is 18.3. The number of hydrogen-bond acceptors (Lipinski definition) is 0. The second kappa shape index (κ2) is 13.5. The van der Waals surface area contributed by atoms with Gasteiger partial charge in [0.25, 0.3) is 0 Å². The summed E-state index contributed by atoms with van der Waals surface area (Å²) in [6.07, 6.45) is 20.5. The van der Waals surface area contributed by atoms with Gasteiger partial charge < -0.3 is 24.8 Å². The van der Waals surface area contributed by atoms with Crippen LogP contribution in [0.1, 0.15) is 116 Å². The van der Waals surface area contributed by atoms with E-state index in [0.717, 1.165) is 36.0 Å². The van der Waals surface area contributed by atoms with Crippen molar-refractivity contribution in [2.75, 3.05) is 0 Å². The molecule has 2 aromatic rings. The minimum atomic E-state index is 0. The van der Waals surface area contributed by atoms with Gasteiger partial charge in [0.2, 0.25) is 0 Å². The SMILES string of the molecule is CC(C)(C)c1[c-]c2c(cc1)-c1ccc(C(C)(C)C)cc1C2.C[C](=[Zr+2])C12CC3CC(CC(C3)C1)C2.[C-]1=CC=CC1.[Cl-].[Cl-]. The zero-order chi connectivity index (χ0) is 28.0. The Labute approximate surface area is 278 Å². The summed E-state index contributed by atoms with van der Waals surface area (Å²) in [7, 11) is 0. The van der Waals surface area contributed by atoms with E-state index in [1.807, 2.05) is 15.4 Å². The van der Waals surface area contributed by atoms with Crippen molar-refractivity contribution in [3.05, 3.63) is 83.0 Å². The molecule has 0 aliphatic heterocycles. The standard InChI is InChI=1S/C21H25.C12H18.C5H5.2ClH.Zr/c1-20(2,3)16-7-9-18-14(12-16)11-15-13-17(21(4,5)6)8-10-19(15)18;1-2-12-6-9-3-10(7-12)5-11(4-9)8-12;1-2-4-5-3-1;;;/h7-10,12H,11H2,1-6H3;9-11H,3-8H2,1H3;1-3H,4H2;2*1H;/q-1;;-1;;;+2/p-2. The molecule has 8 rings (SSSR count). The Morgan fingerprint density at radius 2 is 1.41 bits per heavy atom. The zero-order valence-electron chi connectivity index (χ0n) is 26.3. The quantitative estimate of drug-likeness (QED) is 0.346. The summed E-state index contributed by atoms with van der Waals surface area (Å²) >= 11 is 1.71. The third-order valence-corrected chi connectivity index (χ3v) is 11.2. The number of benzene rings is 2. The maximum Gasteiger partial charge on any atom is -0.109 e. The van der Waals surface area contributed by atoms with Crippen molar-refractivity contribution in [1.29, 1.82) is 0 Å². The van der Waals surface area contributed by atoms with Gasteiger partial charge in [-0.2, -0.15) is 29.8 Å². The van der Waals surface area contributed by atoms with Gasteiger partial charge in [0.15, 0.2) is 0 Å².